The minimum Gasteiger partial charge on any atom is -0.456 e. The fourth-order valence-corrected chi connectivity index (χ4v) is 3.25. The van der Waals surface area contributed by atoms with Gasteiger partial charge in [0.15, 0.2) is 0 Å². The van der Waals surface area contributed by atoms with Crippen LogP contribution in [0, 0.1) is 10.8 Å². The average Bonchev–Trinajstić information content (AvgIpc) is 3.13. The van der Waals surface area contributed by atoms with E-state index in [-0.39, 0.29) is 36.5 Å². The van der Waals surface area contributed by atoms with E-state index in [1.54, 1.807) is 24.3 Å². The SMILES string of the molecule is Cl.Cl.N=C(N)c1ccc(Oc2ccc(-c3cc4ccc(C(=N)N)cc4[nH]3)cc2Cl)cc1. The number of halogens is 3. The molecule has 0 saturated carbocycles. The molecule has 1 heterocycles. The molecule has 0 aliphatic rings. The van der Waals surface area contributed by atoms with Crippen molar-refractivity contribution in [3.8, 4) is 22.8 Å². The van der Waals surface area contributed by atoms with Crippen molar-refractivity contribution in [2.45, 2.75) is 0 Å². The van der Waals surface area contributed by atoms with Crippen molar-refractivity contribution >= 4 is 59.0 Å². The molecule has 0 bridgehead atoms. The molecule has 0 aliphatic carbocycles. The summed E-state index contributed by atoms with van der Waals surface area (Å²) in [6.07, 6.45) is 0. The topological polar surface area (TPSA) is 125 Å². The Kier molecular flexibility index (Phi) is 7.57. The van der Waals surface area contributed by atoms with Crippen molar-refractivity contribution in [2.75, 3.05) is 0 Å². The van der Waals surface area contributed by atoms with Crippen LogP contribution in [0.4, 0.5) is 0 Å². The van der Waals surface area contributed by atoms with Gasteiger partial charge in [0.1, 0.15) is 23.2 Å². The summed E-state index contributed by atoms with van der Waals surface area (Å²) >= 11 is 6.44. The number of benzene rings is 3. The molecule has 1 aromatic heterocycles. The van der Waals surface area contributed by atoms with E-state index in [4.69, 9.17) is 38.6 Å². The third kappa shape index (κ3) is 5.11. The van der Waals surface area contributed by atoms with Gasteiger partial charge < -0.3 is 21.2 Å². The van der Waals surface area contributed by atoms with Crippen LogP contribution in [0.3, 0.4) is 0 Å². The van der Waals surface area contributed by atoms with Crippen LogP contribution in [0.5, 0.6) is 11.5 Å². The third-order valence-electron chi connectivity index (χ3n) is 4.57. The zero-order valence-electron chi connectivity index (χ0n) is 16.1. The quantitative estimate of drug-likeness (QED) is 0.187. The van der Waals surface area contributed by atoms with Crippen molar-refractivity contribution in [1.29, 1.82) is 10.8 Å². The van der Waals surface area contributed by atoms with Gasteiger partial charge in [-0.1, -0.05) is 23.7 Å². The van der Waals surface area contributed by atoms with E-state index < -0.39 is 0 Å². The summed E-state index contributed by atoms with van der Waals surface area (Å²) in [6, 6.07) is 20.1. The van der Waals surface area contributed by atoms with Gasteiger partial charge in [-0.2, -0.15) is 0 Å². The Morgan fingerprint density at radius 1 is 0.806 bits per heavy atom. The Labute approximate surface area is 196 Å². The molecule has 0 fully saturated rings. The molecule has 4 aromatic rings. The zero-order chi connectivity index (χ0) is 20.5. The van der Waals surface area contributed by atoms with Crippen LogP contribution in [-0.2, 0) is 0 Å². The molecule has 0 atom stereocenters. The first kappa shape index (κ1) is 24.1. The second-order valence-electron chi connectivity index (χ2n) is 6.58. The normalized spacial score (nSPS) is 10.1. The predicted molar refractivity (Wildman–Crippen MR) is 132 cm³/mol. The van der Waals surface area contributed by atoms with Crippen molar-refractivity contribution in [2.24, 2.45) is 11.5 Å². The monoisotopic (exact) mass is 475 g/mol. The van der Waals surface area contributed by atoms with E-state index in [0.29, 0.717) is 27.6 Å². The second-order valence-corrected chi connectivity index (χ2v) is 6.99. The number of hydrogen-bond acceptors (Lipinski definition) is 3. The molecule has 4 rings (SSSR count). The smallest absolute Gasteiger partial charge is 0.146 e. The number of aromatic nitrogens is 1. The van der Waals surface area contributed by atoms with Gasteiger partial charge in [0, 0.05) is 27.7 Å². The fraction of sp³-hybridized carbons (Fsp3) is 0. The Hall–Kier alpha value is -3.19. The first-order chi connectivity index (χ1) is 13.9. The van der Waals surface area contributed by atoms with Crippen molar-refractivity contribution in [3.05, 3.63) is 82.9 Å². The summed E-state index contributed by atoms with van der Waals surface area (Å²) in [6.45, 7) is 0. The van der Waals surface area contributed by atoms with Gasteiger partial charge in [0.25, 0.3) is 0 Å². The van der Waals surface area contributed by atoms with Crippen molar-refractivity contribution in [3.63, 3.8) is 0 Å². The molecule has 9 heteroatoms. The van der Waals surface area contributed by atoms with Crippen LogP contribution in [0.1, 0.15) is 11.1 Å². The van der Waals surface area contributed by atoms with Gasteiger partial charge >= 0.3 is 0 Å². The van der Waals surface area contributed by atoms with Gasteiger partial charge in [-0.3, -0.25) is 10.8 Å². The maximum atomic E-state index is 7.57. The molecule has 7 N–H and O–H groups in total. The zero-order valence-corrected chi connectivity index (χ0v) is 18.5. The Morgan fingerprint density at radius 3 is 2.06 bits per heavy atom. The lowest BCUT2D eigenvalue weighted by atomic mass is 10.1. The molecule has 160 valence electrons. The Balaban J connectivity index is 0.00000171. The third-order valence-corrected chi connectivity index (χ3v) is 4.86. The molecule has 0 amide bonds. The van der Waals surface area contributed by atoms with Crippen LogP contribution in [0.2, 0.25) is 5.02 Å². The van der Waals surface area contributed by atoms with E-state index in [1.165, 1.54) is 0 Å². The maximum absolute atomic E-state index is 7.57. The van der Waals surface area contributed by atoms with Crippen LogP contribution in [-0.4, -0.2) is 16.7 Å². The molecule has 0 saturated heterocycles. The number of nitrogens with two attached hydrogens (primary N) is 2. The van der Waals surface area contributed by atoms with E-state index in [1.807, 2.05) is 42.5 Å². The molecule has 31 heavy (non-hydrogen) atoms. The minimum absolute atomic E-state index is 0. The molecule has 3 aromatic carbocycles. The summed E-state index contributed by atoms with van der Waals surface area (Å²) in [5.41, 5.74) is 15.0. The standard InChI is InChI=1S/C22H18ClN5O.2ClH/c23-17-9-13(18-10-14-1-2-15(22(26)27)11-19(14)28-18)5-8-20(17)29-16-6-3-12(4-7-16)21(24)25;;/h1-11,28H,(H3,24,25)(H3,26,27);2*1H. The van der Waals surface area contributed by atoms with Gasteiger partial charge in [-0.25, -0.2) is 0 Å². The average molecular weight is 477 g/mol. The summed E-state index contributed by atoms with van der Waals surface area (Å²) in [5.74, 6) is 1.17. The molecule has 6 nitrogen and oxygen atoms in total. The van der Waals surface area contributed by atoms with E-state index in [0.717, 1.165) is 22.2 Å². The number of ether oxygens (including phenoxy) is 1. The molecule has 0 aliphatic heterocycles. The molecule has 0 radical (unpaired) electrons. The van der Waals surface area contributed by atoms with Crippen molar-refractivity contribution < 1.29 is 4.74 Å². The Morgan fingerprint density at radius 2 is 1.45 bits per heavy atom. The first-order valence-electron chi connectivity index (χ1n) is 8.80. The van der Waals surface area contributed by atoms with Gasteiger partial charge in [0.2, 0.25) is 0 Å². The van der Waals surface area contributed by atoms with Crippen LogP contribution < -0.4 is 16.2 Å². The van der Waals surface area contributed by atoms with E-state index in [2.05, 4.69) is 4.98 Å². The summed E-state index contributed by atoms with van der Waals surface area (Å²) < 4.78 is 5.84. The number of nitrogen functional groups attached to an aromatic ring is 2. The molecular weight excluding hydrogens is 457 g/mol. The Bertz CT molecular complexity index is 1250. The van der Waals surface area contributed by atoms with Gasteiger partial charge in [-0.15, -0.1) is 24.8 Å². The number of H-pyrrole nitrogens is 1. The highest BCUT2D eigenvalue weighted by atomic mass is 35.5. The maximum Gasteiger partial charge on any atom is 0.146 e. The van der Waals surface area contributed by atoms with Gasteiger partial charge in [0.05, 0.1) is 5.02 Å². The number of amidine groups is 2. The lowest BCUT2D eigenvalue weighted by Gasteiger charge is -2.09. The molecule has 0 unspecified atom stereocenters. The number of aromatic amines is 1. The van der Waals surface area contributed by atoms with E-state index in [9.17, 15) is 0 Å². The number of fused-ring (bicyclic) bond motifs is 1. The van der Waals surface area contributed by atoms with Crippen molar-refractivity contribution in [1.82, 2.24) is 4.98 Å². The minimum atomic E-state index is 0. The van der Waals surface area contributed by atoms with E-state index >= 15 is 0 Å². The first-order valence-corrected chi connectivity index (χ1v) is 9.18. The largest absolute Gasteiger partial charge is 0.456 e. The predicted octanol–water partition coefficient (Wildman–Crippen LogP) is 5.69. The summed E-state index contributed by atoms with van der Waals surface area (Å²) in [7, 11) is 0. The number of nitrogens with one attached hydrogen (secondary N) is 3. The highest BCUT2D eigenvalue weighted by Crippen LogP contribution is 2.34. The lowest BCUT2D eigenvalue weighted by Crippen LogP contribution is -2.10. The molecular formula is C22H20Cl3N5O. The van der Waals surface area contributed by atoms with Crippen LogP contribution in [0.15, 0.2) is 66.7 Å². The molecule has 0 spiro atoms. The number of rotatable bonds is 5. The highest BCUT2D eigenvalue weighted by Gasteiger charge is 2.10. The number of hydrogen-bond donors (Lipinski definition) is 5. The van der Waals surface area contributed by atoms with Gasteiger partial charge in [-0.05, 0) is 60.2 Å². The lowest BCUT2D eigenvalue weighted by molar-refractivity contribution is 0.483. The fourth-order valence-electron chi connectivity index (χ4n) is 3.03. The van der Waals surface area contributed by atoms with Crippen LogP contribution >= 0.6 is 36.4 Å². The summed E-state index contributed by atoms with van der Waals surface area (Å²) in [4.78, 5) is 3.34. The van der Waals surface area contributed by atoms with Crippen LogP contribution in [0.25, 0.3) is 22.2 Å². The summed E-state index contributed by atoms with van der Waals surface area (Å²) in [5, 5.41) is 16.5. The highest BCUT2D eigenvalue weighted by molar-refractivity contribution is 6.32. The second kappa shape index (κ2) is 9.75.